The number of fused-ring (bicyclic) bond motifs is 1. The van der Waals surface area contributed by atoms with Crippen LogP contribution in [0.1, 0.15) is 0 Å². The van der Waals surface area contributed by atoms with Crippen molar-refractivity contribution in [3.63, 3.8) is 0 Å². The third-order valence-electron chi connectivity index (χ3n) is 3.34. The number of hydrogen-bond acceptors (Lipinski definition) is 4. The van der Waals surface area contributed by atoms with Crippen LogP contribution in [0.4, 0.5) is 4.39 Å². The Morgan fingerprint density at radius 2 is 1.73 bits per heavy atom. The third-order valence-corrected chi connectivity index (χ3v) is 3.34. The van der Waals surface area contributed by atoms with E-state index in [0.717, 1.165) is 16.6 Å². The molecule has 0 atom stereocenters. The van der Waals surface area contributed by atoms with Crippen molar-refractivity contribution >= 4 is 11.0 Å². The first-order valence-electron chi connectivity index (χ1n) is 6.71. The summed E-state index contributed by atoms with van der Waals surface area (Å²) < 4.78 is 14.8. The van der Waals surface area contributed by atoms with Crippen molar-refractivity contribution in [3.8, 4) is 17.1 Å². The van der Waals surface area contributed by atoms with Gasteiger partial charge in [-0.2, -0.15) is 14.9 Å². The van der Waals surface area contributed by atoms with Gasteiger partial charge in [0.1, 0.15) is 11.5 Å². The lowest BCUT2D eigenvalue weighted by Gasteiger charge is -1.99. The summed E-state index contributed by atoms with van der Waals surface area (Å²) in [5.74, 6) is 0.305. The van der Waals surface area contributed by atoms with Gasteiger partial charge in [0.05, 0.1) is 0 Å². The van der Waals surface area contributed by atoms with Crippen molar-refractivity contribution in [2.45, 2.75) is 0 Å². The molecule has 0 saturated heterocycles. The van der Waals surface area contributed by atoms with Gasteiger partial charge in [0.2, 0.25) is 0 Å². The number of hydrogen-bond donors (Lipinski definition) is 0. The van der Waals surface area contributed by atoms with Gasteiger partial charge in [-0.1, -0.05) is 0 Å². The molecule has 0 unspecified atom stereocenters. The van der Waals surface area contributed by atoms with E-state index in [-0.39, 0.29) is 5.82 Å². The zero-order chi connectivity index (χ0) is 14.9. The second kappa shape index (κ2) is 5.00. The Morgan fingerprint density at radius 3 is 2.50 bits per heavy atom. The van der Waals surface area contributed by atoms with Gasteiger partial charge in [-0.05, 0) is 48.5 Å². The quantitative estimate of drug-likeness (QED) is 0.569. The summed E-state index contributed by atoms with van der Waals surface area (Å²) in [6.45, 7) is 0. The van der Waals surface area contributed by atoms with Crippen molar-refractivity contribution in [1.29, 1.82) is 0 Å². The molecule has 0 aliphatic heterocycles. The van der Waals surface area contributed by atoms with Crippen LogP contribution < -0.4 is 0 Å². The van der Waals surface area contributed by atoms with Crippen LogP contribution in [-0.2, 0) is 0 Å². The first-order chi connectivity index (χ1) is 10.8. The molecule has 6 heteroatoms. The molecule has 4 rings (SSSR count). The van der Waals surface area contributed by atoms with Crippen molar-refractivity contribution in [1.82, 2.24) is 25.0 Å². The van der Waals surface area contributed by atoms with E-state index in [2.05, 4.69) is 20.3 Å². The van der Waals surface area contributed by atoms with Crippen LogP contribution in [0.2, 0.25) is 0 Å². The maximum atomic E-state index is 13.1. The number of halogens is 1. The number of benzene rings is 1. The van der Waals surface area contributed by atoms with E-state index in [9.17, 15) is 4.39 Å². The Balaban J connectivity index is 1.99. The Labute approximate surface area is 125 Å². The van der Waals surface area contributed by atoms with Crippen molar-refractivity contribution in [2.75, 3.05) is 0 Å². The summed E-state index contributed by atoms with van der Waals surface area (Å²) in [6.07, 6.45) is 3.30. The lowest BCUT2D eigenvalue weighted by Crippen LogP contribution is -2.01. The molecule has 4 aromatic rings. The second-order valence-electron chi connectivity index (χ2n) is 4.72. The summed E-state index contributed by atoms with van der Waals surface area (Å²) in [5, 5.41) is 13.4. The zero-order valence-corrected chi connectivity index (χ0v) is 11.4. The lowest BCUT2D eigenvalue weighted by atomic mass is 10.1. The minimum atomic E-state index is -0.278. The summed E-state index contributed by atoms with van der Waals surface area (Å²) >= 11 is 0. The SMILES string of the molecule is Fc1ccc(-c2nn(-c3cccnn3)c3ncccc23)cc1. The predicted octanol–water partition coefficient (Wildman–Crippen LogP) is 3.02. The van der Waals surface area contributed by atoms with Crippen LogP contribution in [0.15, 0.2) is 60.9 Å². The summed E-state index contributed by atoms with van der Waals surface area (Å²) in [6, 6.07) is 13.6. The largest absolute Gasteiger partial charge is 0.236 e. The number of aromatic nitrogens is 5. The molecule has 0 radical (unpaired) electrons. The molecule has 106 valence electrons. The van der Waals surface area contributed by atoms with E-state index in [4.69, 9.17) is 0 Å². The predicted molar refractivity (Wildman–Crippen MR) is 79.8 cm³/mol. The Bertz CT molecular complexity index is 932. The fraction of sp³-hybridized carbons (Fsp3) is 0. The van der Waals surface area contributed by atoms with Crippen LogP contribution in [0.25, 0.3) is 28.1 Å². The van der Waals surface area contributed by atoms with E-state index in [1.54, 1.807) is 35.3 Å². The van der Waals surface area contributed by atoms with E-state index in [1.807, 2.05) is 18.2 Å². The average Bonchev–Trinajstić information content (AvgIpc) is 2.96. The maximum Gasteiger partial charge on any atom is 0.178 e. The first-order valence-corrected chi connectivity index (χ1v) is 6.71. The van der Waals surface area contributed by atoms with E-state index in [0.29, 0.717) is 11.5 Å². The van der Waals surface area contributed by atoms with Crippen LogP contribution >= 0.6 is 0 Å². The molecule has 0 aliphatic carbocycles. The maximum absolute atomic E-state index is 13.1. The molecular formula is C16H10FN5. The molecule has 0 bridgehead atoms. The van der Waals surface area contributed by atoms with Crippen LogP contribution in [0, 0.1) is 5.82 Å². The van der Waals surface area contributed by atoms with Crippen LogP contribution in [-0.4, -0.2) is 25.0 Å². The topological polar surface area (TPSA) is 56.5 Å². The average molecular weight is 291 g/mol. The minimum absolute atomic E-state index is 0.278. The fourth-order valence-electron chi connectivity index (χ4n) is 2.34. The standard InChI is InChI=1S/C16H10FN5/c17-12-7-5-11(6-8-12)15-13-3-1-9-18-16(13)22(21-15)14-4-2-10-19-20-14/h1-10H. The highest BCUT2D eigenvalue weighted by molar-refractivity contribution is 5.91. The van der Waals surface area contributed by atoms with Crippen molar-refractivity contribution in [2.24, 2.45) is 0 Å². The van der Waals surface area contributed by atoms with Gasteiger partial charge in [0.25, 0.3) is 0 Å². The van der Waals surface area contributed by atoms with Gasteiger partial charge in [-0.3, -0.25) is 0 Å². The summed E-state index contributed by atoms with van der Waals surface area (Å²) in [5.41, 5.74) is 2.23. The van der Waals surface area contributed by atoms with Gasteiger partial charge in [-0.15, -0.1) is 5.10 Å². The molecule has 0 amide bonds. The van der Waals surface area contributed by atoms with Crippen LogP contribution in [0.3, 0.4) is 0 Å². The molecule has 5 nitrogen and oxygen atoms in total. The first kappa shape index (κ1) is 12.6. The highest BCUT2D eigenvalue weighted by Crippen LogP contribution is 2.28. The Hall–Kier alpha value is -3.15. The third kappa shape index (κ3) is 2.01. The van der Waals surface area contributed by atoms with Crippen LogP contribution in [0.5, 0.6) is 0 Å². The summed E-state index contributed by atoms with van der Waals surface area (Å²) in [4.78, 5) is 4.38. The molecule has 3 heterocycles. The number of pyridine rings is 1. The summed E-state index contributed by atoms with van der Waals surface area (Å²) in [7, 11) is 0. The molecule has 0 aliphatic rings. The molecule has 0 N–H and O–H groups in total. The van der Waals surface area contributed by atoms with E-state index >= 15 is 0 Å². The molecule has 3 aromatic heterocycles. The zero-order valence-electron chi connectivity index (χ0n) is 11.4. The molecule has 0 saturated carbocycles. The monoisotopic (exact) mass is 291 g/mol. The van der Waals surface area contributed by atoms with Gasteiger partial charge in [0, 0.05) is 23.3 Å². The van der Waals surface area contributed by atoms with Gasteiger partial charge >= 0.3 is 0 Å². The molecule has 1 aromatic carbocycles. The Kier molecular flexibility index (Phi) is 2.86. The fourth-order valence-corrected chi connectivity index (χ4v) is 2.34. The number of nitrogens with zero attached hydrogens (tertiary/aromatic N) is 5. The molecule has 0 spiro atoms. The van der Waals surface area contributed by atoms with Gasteiger partial charge in [-0.25, -0.2) is 9.37 Å². The number of rotatable bonds is 2. The highest BCUT2D eigenvalue weighted by Gasteiger charge is 2.15. The van der Waals surface area contributed by atoms with E-state index < -0.39 is 0 Å². The van der Waals surface area contributed by atoms with Gasteiger partial charge < -0.3 is 0 Å². The van der Waals surface area contributed by atoms with Crippen molar-refractivity contribution in [3.05, 3.63) is 66.7 Å². The minimum Gasteiger partial charge on any atom is -0.236 e. The highest BCUT2D eigenvalue weighted by atomic mass is 19.1. The smallest absolute Gasteiger partial charge is 0.178 e. The lowest BCUT2D eigenvalue weighted by molar-refractivity contribution is 0.628. The molecular weight excluding hydrogens is 281 g/mol. The Morgan fingerprint density at radius 1 is 0.909 bits per heavy atom. The second-order valence-corrected chi connectivity index (χ2v) is 4.72. The molecule has 22 heavy (non-hydrogen) atoms. The van der Waals surface area contributed by atoms with Gasteiger partial charge in [0.15, 0.2) is 11.5 Å². The normalized spacial score (nSPS) is 11.0. The molecule has 0 fully saturated rings. The van der Waals surface area contributed by atoms with Crippen molar-refractivity contribution < 1.29 is 4.39 Å². The van der Waals surface area contributed by atoms with E-state index in [1.165, 1.54) is 12.1 Å².